The molecule has 75 heavy (non-hydrogen) atoms. The Hall–Kier alpha value is -5.25. The zero-order valence-electron chi connectivity index (χ0n) is 43.6. The summed E-state index contributed by atoms with van der Waals surface area (Å²) < 4.78 is 46.4. The minimum Gasteiger partial charge on any atom is -0.497 e. The molecule has 11 rings (SSSR count). The van der Waals surface area contributed by atoms with Crippen LogP contribution in [-0.4, -0.2) is 85.0 Å². The van der Waals surface area contributed by atoms with E-state index >= 15 is 0 Å². The predicted molar refractivity (Wildman–Crippen MR) is 310 cm³/mol. The topological polar surface area (TPSA) is 99.6 Å². The smallest absolute Gasteiger partial charge is 0.493 e. The summed E-state index contributed by atoms with van der Waals surface area (Å²) in [6, 6.07) is 48.3. The predicted octanol–water partition coefficient (Wildman–Crippen LogP) is 14.2. The summed E-state index contributed by atoms with van der Waals surface area (Å²) in [5.74, 6) is 1.59. The van der Waals surface area contributed by atoms with Crippen LogP contribution in [0.3, 0.4) is 0 Å². The molecule has 3 saturated heterocycles. The molecule has 10 nitrogen and oxygen atoms in total. The van der Waals surface area contributed by atoms with Crippen LogP contribution in [0, 0.1) is 16.2 Å². The third kappa shape index (κ3) is 13.8. The second-order valence-electron chi connectivity index (χ2n) is 21.4. The van der Waals surface area contributed by atoms with E-state index in [0.717, 1.165) is 93.0 Å². The lowest BCUT2D eigenvalue weighted by Gasteiger charge is -2.38. The highest BCUT2D eigenvalue weighted by Crippen LogP contribution is 2.38. The van der Waals surface area contributed by atoms with Crippen LogP contribution >= 0.6 is 39.1 Å². The number of fused-ring (bicyclic) bond motifs is 2. The lowest BCUT2D eigenvalue weighted by molar-refractivity contribution is 0.00624. The summed E-state index contributed by atoms with van der Waals surface area (Å²) in [6.07, 6.45) is 0. The number of nitrogens with zero attached hydrogens (tertiary/aromatic N) is 2. The molecule has 16 heteroatoms. The van der Waals surface area contributed by atoms with Crippen molar-refractivity contribution in [3.05, 3.63) is 160 Å². The van der Waals surface area contributed by atoms with Crippen molar-refractivity contribution >= 4 is 87.5 Å². The highest BCUT2D eigenvalue weighted by atomic mass is 79.9. The molecular formula is C59H60B3BrCl2N2O8. The van der Waals surface area contributed by atoms with E-state index < -0.39 is 0 Å². The molecule has 0 amide bonds. The first-order chi connectivity index (χ1) is 35.9. The van der Waals surface area contributed by atoms with Gasteiger partial charge in [-0.25, -0.2) is 9.97 Å². The van der Waals surface area contributed by atoms with Gasteiger partial charge in [0.15, 0.2) is 0 Å². The molecule has 0 spiro atoms. The average Bonchev–Trinajstić information content (AvgIpc) is 3.41. The fourth-order valence-electron chi connectivity index (χ4n) is 8.78. The molecule has 0 aliphatic carbocycles. The van der Waals surface area contributed by atoms with Crippen LogP contribution in [0.5, 0.6) is 11.5 Å². The van der Waals surface area contributed by atoms with E-state index in [1.807, 2.05) is 109 Å². The molecule has 6 aromatic carbocycles. The quantitative estimate of drug-likeness (QED) is 0.137. The van der Waals surface area contributed by atoms with Gasteiger partial charge in [0.2, 0.25) is 0 Å². The summed E-state index contributed by atoms with van der Waals surface area (Å²) in [6.45, 7) is 16.9. The molecule has 2 aromatic heterocycles. The normalized spacial score (nSPS) is 16.9. The van der Waals surface area contributed by atoms with E-state index in [1.54, 1.807) is 14.2 Å². The molecule has 0 N–H and O–H groups in total. The minimum atomic E-state index is -0.371. The molecule has 3 fully saturated rings. The molecule has 0 atom stereocenters. The second-order valence-corrected chi connectivity index (χ2v) is 23.2. The van der Waals surface area contributed by atoms with Crippen LogP contribution in [0.1, 0.15) is 41.5 Å². The Morgan fingerprint density at radius 1 is 0.440 bits per heavy atom. The molecule has 3 aliphatic rings. The maximum absolute atomic E-state index is 6.10. The Bertz CT molecular complexity index is 3220. The summed E-state index contributed by atoms with van der Waals surface area (Å²) >= 11 is 15.7. The lowest BCUT2D eigenvalue weighted by atomic mass is 9.47. The van der Waals surface area contributed by atoms with Gasteiger partial charge in [0.05, 0.1) is 36.6 Å². The van der Waals surface area contributed by atoms with E-state index in [9.17, 15) is 0 Å². The Balaban J connectivity index is 0.000000146. The van der Waals surface area contributed by atoms with Crippen LogP contribution in [0.15, 0.2) is 150 Å². The van der Waals surface area contributed by atoms with Crippen molar-refractivity contribution in [3.63, 3.8) is 0 Å². The molecule has 0 saturated carbocycles. The highest BCUT2D eigenvalue weighted by Gasteiger charge is 2.47. The van der Waals surface area contributed by atoms with Crippen LogP contribution < -0.4 is 14.9 Å². The number of benzene rings is 6. The standard InChI is InChI=1S/C27H25BClNO3.C22H15BrClNO.C10H20B2O4/c1-27(2)16-32-28(33-17-27)20-7-13-25-19(14-20)6-12-26(30-25)24-15-22(31-3)10-11-23(24)18-4-8-21(29)9-5-18;1-26-18-8-9-19(14-2-6-17(24)7-3-14)20(13-18)22-10-4-15-12-16(23)5-11-21(15)25-22;1-9(2)5-13-11(14-6-9)12-15-7-10(3,4)8-16-12/h4-15H,16-17H2,1-3H3;2-13H,1H3;5-8H2,1-4H3. The third-order valence-corrected chi connectivity index (χ3v) is 14.0. The summed E-state index contributed by atoms with van der Waals surface area (Å²) in [5, 5.41) is 3.57. The minimum absolute atomic E-state index is 0.0440. The van der Waals surface area contributed by atoms with Crippen LogP contribution in [0.4, 0.5) is 0 Å². The van der Waals surface area contributed by atoms with Crippen LogP contribution in [-0.2, 0) is 27.9 Å². The Labute approximate surface area is 460 Å². The fourth-order valence-corrected chi connectivity index (χ4v) is 9.41. The third-order valence-electron chi connectivity index (χ3n) is 13.0. The first-order valence-electron chi connectivity index (χ1n) is 25.0. The van der Waals surface area contributed by atoms with Gasteiger partial charge in [-0.05, 0) is 118 Å². The number of aromatic nitrogens is 2. The summed E-state index contributed by atoms with van der Waals surface area (Å²) in [4.78, 5) is 9.83. The second kappa shape index (κ2) is 23.6. The number of rotatable bonds is 8. The van der Waals surface area contributed by atoms with Gasteiger partial charge in [0, 0.05) is 86.9 Å². The zero-order chi connectivity index (χ0) is 52.9. The summed E-state index contributed by atoms with van der Waals surface area (Å²) in [5.41, 5.74) is 11.2. The van der Waals surface area contributed by atoms with Crippen molar-refractivity contribution in [1.82, 2.24) is 9.97 Å². The maximum atomic E-state index is 6.10. The largest absolute Gasteiger partial charge is 0.497 e. The van der Waals surface area contributed by atoms with Gasteiger partial charge in [0.1, 0.15) is 11.5 Å². The number of hydrogen-bond acceptors (Lipinski definition) is 10. The van der Waals surface area contributed by atoms with Gasteiger partial charge in [-0.2, -0.15) is 0 Å². The Morgan fingerprint density at radius 2 is 0.840 bits per heavy atom. The number of pyridine rings is 2. The molecular weight excluding hydrogens is 1050 g/mol. The van der Waals surface area contributed by atoms with Crippen molar-refractivity contribution in [2.45, 2.75) is 41.5 Å². The number of hydrogen-bond donors (Lipinski definition) is 0. The van der Waals surface area contributed by atoms with Crippen molar-refractivity contribution in [2.75, 3.05) is 53.9 Å². The van der Waals surface area contributed by atoms with E-state index in [4.69, 9.17) is 70.6 Å². The van der Waals surface area contributed by atoms with Gasteiger partial charge in [-0.3, -0.25) is 0 Å². The molecule has 0 bridgehead atoms. The average molecular weight is 1110 g/mol. The molecule has 8 aromatic rings. The van der Waals surface area contributed by atoms with E-state index in [-0.39, 0.29) is 37.4 Å². The zero-order valence-corrected chi connectivity index (χ0v) is 46.7. The molecule has 3 aliphatic heterocycles. The van der Waals surface area contributed by atoms with E-state index in [2.05, 4.69) is 93.9 Å². The molecule has 384 valence electrons. The SMILES string of the molecule is CC1(C)COB(B2OCC(C)(C)CO2)OC1.COc1ccc(-c2ccc(Cl)cc2)c(-c2ccc3cc(B4OCC(C)(C)CO4)ccc3n2)c1.COc1ccc(-c2ccc(Cl)cc2)c(-c2ccc3cc(Br)ccc3n2)c1. The van der Waals surface area contributed by atoms with E-state index in [0.29, 0.717) is 44.7 Å². The highest BCUT2D eigenvalue weighted by molar-refractivity contribution is 9.10. The first-order valence-corrected chi connectivity index (χ1v) is 26.5. The lowest BCUT2D eigenvalue weighted by Crippen LogP contribution is -2.56. The van der Waals surface area contributed by atoms with Crippen LogP contribution in [0.25, 0.3) is 66.6 Å². The summed E-state index contributed by atoms with van der Waals surface area (Å²) in [7, 11) is 2.27. The van der Waals surface area contributed by atoms with Crippen molar-refractivity contribution in [3.8, 4) is 56.3 Å². The van der Waals surface area contributed by atoms with Gasteiger partial charge >= 0.3 is 21.1 Å². The van der Waals surface area contributed by atoms with Crippen molar-refractivity contribution < 1.29 is 37.4 Å². The fraction of sp³-hybridized carbons (Fsp3) is 0.288. The van der Waals surface area contributed by atoms with Gasteiger partial charge in [-0.15, -0.1) is 0 Å². The van der Waals surface area contributed by atoms with Crippen molar-refractivity contribution in [2.24, 2.45) is 16.2 Å². The van der Waals surface area contributed by atoms with Crippen LogP contribution in [0.2, 0.25) is 10.0 Å². The molecule has 5 heterocycles. The van der Waals surface area contributed by atoms with Gasteiger partial charge < -0.3 is 37.4 Å². The monoisotopic (exact) mass is 1110 g/mol. The first kappa shape index (κ1) is 54.5. The maximum Gasteiger partial charge on any atom is 0.493 e. The van der Waals surface area contributed by atoms with Gasteiger partial charge in [-0.1, -0.05) is 141 Å². The molecule has 0 unspecified atom stereocenters. The Morgan fingerprint density at radius 3 is 1.27 bits per heavy atom. The Kier molecular flexibility index (Phi) is 17.1. The number of methoxy groups -OCH3 is 2. The molecule has 0 radical (unpaired) electrons. The number of ether oxygens (including phenoxy) is 2. The van der Waals surface area contributed by atoms with Gasteiger partial charge in [0.25, 0.3) is 0 Å². The van der Waals surface area contributed by atoms with E-state index in [1.165, 1.54) is 0 Å². The number of halogens is 3. The van der Waals surface area contributed by atoms with Crippen molar-refractivity contribution in [1.29, 1.82) is 0 Å².